The fourth-order valence-electron chi connectivity index (χ4n) is 3.17. The molecule has 0 radical (unpaired) electrons. The van der Waals surface area contributed by atoms with Gasteiger partial charge in [0.15, 0.2) is 8.32 Å². The molecule has 1 nitrogen and oxygen atoms in total. The summed E-state index contributed by atoms with van der Waals surface area (Å²) in [5, 5.41) is 0.286. The lowest BCUT2D eigenvalue weighted by Gasteiger charge is -2.47. The predicted molar refractivity (Wildman–Crippen MR) is 94.2 cm³/mol. The lowest BCUT2D eigenvalue weighted by molar-refractivity contribution is 0.0168. The van der Waals surface area contributed by atoms with Gasteiger partial charge in [0.05, 0.1) is 5.60 Å². The van der Waals surface area contributed by atoms with Gasteiger partial charge in [-0.3, -0.25) is 0 Å². The Morgan fingerprint density at radius 2 is 1.57 bits per heavy atom. The first-order valence-corrected chi connectivity index (χ1v) is 11.4. The highest BCUT2D eigenvalue weighted by molar-refractivity contribution is 6.74. The summed E-state index contributed by atoms with van der Waals surface area (Å²) in [4.78, 5) is 0. The summed E-state index contributed by atoms with van der Waals surface area (Å²) in [5.41, 5.74) is 1.51. The summed E-state index contributed by atoms with van der Waals surface area (Å²) in [5.74, 6) is 0. The molecule has 2 heteroatoms. The van der Waals surface area contributed by atoms with Crippen LogP contribution in [0, 0.1) is 0 Å². The molecule has 0 N–H and O–H groups in total. The van der Waals surface area contributed by atoms with Crippen LogP contribution in [0.25, 0.3) is 0 Å². The van der Waals surface area contributed by atoms with Crippen LogP contribution in [-0.2, 0) is 10.8 Å². The van der Waals surface area contributed by atoms with Crippen LogP contribution in [0.4, 0.5) is 0 Å². The van der Waals surface area contributed by atoms with Gasteiger partial charge in [-0.2, -0.15) is 0 Å². The van der Waals surface area contributed by atoms with E-state index < -0.39 is 8.32 Å². The van der Waals surface area contributed by atoms with E-state index in [9.17, 15) is 0 Å². The molecule has 0 bridgehead atoms. The average molecular weight is 305 g/mol. The topological polar surface area (TPSA) is 9.23 Å². The van der Waals surface area contributed by atoms with Crippen LogP contribution in [-0.4, -0.2) is 13.9 Å². The number of rotatable bonds is 4. The van der Waals surface area contributed by atoms with Crippen molar-refractivity contribution in [1.29, 1.82) is 0 Å². The smallest absolute Gasteiger partial charge is 0.192 e. The van der Waals surface area contributed by atoms with E-state index in [1.54, 1.807) is 0 Å². The average Bonchev–Trinajstić information content (AvgIpc) is 2.38. The second kappa shape index (κ2) is 6.25. The molecule has 0 heterocycles. The van der Waals surface area contributed by atoms with Crippen molar-refractivity contribution >= 4 is 8.32 Å². The molecule has 0 aliphatic heterocycles. The summed E-state index contributed by atoms with van der Waals surface area (Å²) in [6.07, 6.45) is 7.56. The first-order chi connectivity index (χ1) is 9.74. The number of benzene rings is 1. The predicted octanol–water partition coefficient (Wildman–Crippen LogP) is 5.95. The number of hydrogen-bond donors (Lipinski definition) is 0. The van der Waals surface area contributed by atoms with E-state index >= 15 is 0 Å². The van der Waals surface area contributed by atoms with E-state index in [2.05, 4.69) is 64.2 Å². The molecule has 0 amide bonds. The van der Waals surface area contributed by atoms with Crippen molar-refractivity contribution < 1.29 is 4.43 Å². The standard InChI is InChI=1S/C19H32OSi/c1-18(2,3)21(4,5)20-19(14-10-7-11-15-19)16-17-12-8-6-9-13-17/h6,8-9,12-13H,7,10-11,14-16H2,1-5H3. The third kappa shape index (κ3) is 4.20. The van der Waals surface area contributed by atoms with Gasteiger partial charge < -0.3 is 4.43 Å². The Labute approximate surface area is 132 Å². The van der Waals surface area contributed by atoms with Gasteiger partial charge in [0, 0.05) is 6.42 Å². The highest BCUT2D eigenvalue weighted by atomic mass is 28.4. The molecule has 21 heavy (non-hydrogen) atoms. The van der Waals surface area contributed by atoms with Gasteiger partial charge in [-0.05, 0) is 36.5 Å². The molecular formula is C19H32OSi. The largest absolute Gasteiger partial charge is 0.411 e. The van der Waals surface area contributed by atoms with Gasteiger partial charge in [0.2, 0.25) is 0 Å². The third-order valence-corrected chi connectivity index (χ3v) is 9.97. The zero-order chi connectivity index (χ0) is 15.6. The molecule has 1 aromatic rings. The van der Waals surface area contributed by atoms with Crippen molar-refractivity contribution in [3.63, 3.8) is 0 Å². The third-order valence-electron chi connectivity index (χ3n) is 5.41. The first-order valence-electron chi connectivity index (χ1n) is 8.48. The Hall–Kier alpha value is -0.603. The van der Waals surface area contributed by atoms with E-state index in [0.29, 0.717) is 0 Å². The van der Waals surface area contributed by atoms with Crippen LogP contribution in [0.2, 0.25) is 18.1 Å². The van der Waals surface area contributed by atoms with Crippen molar-refractivity contribution in [3.05, 3.63) is 35.9 Å². The fourth-order valence-corrected chi connectivity index (χ4v) is 4.84. The van der Waals surface area contributed by atoms with Crippen LogP contribution in [0.5, 0.6) is 0 Å². The summed E-state index contributed by atoms with van der Waals surface area (Å²) >= 11 is 0. The highest BCUT2D eigenvalue weighted by Gasteiger charge is 2.45. The van der Waals surface area contributed by atoms with E-state index in [1.165, 1.54) is 37.7 Å². The van der Waals surface area contributed by atoms with Crippen molar-refractivity contribution in [1.82, 2.24) is 0 Å². The van der Waals surface area contributed by atoms with Gasteiger partial charge >= 0.3 is 0 Å². The minimum absolute atomic E-state index is 0.0859. The minimum Gasteiger partial charge on any atom is -0.411 e. The van der Waals surface area contributed by atoms with Crippen molar-refractivity contribution in [2.24, 2.45) is 0 Å². The van der Waals surface area contributed by atoms with Crippen LogP contribution in [0.15, 0.2) is 30.3 Å². The molecule has 1 aliphatic rings. The maximum atomic E-state index is 6.97. The highest BCUT2D eigenvalue weighted by Crippen LogP contribution is 2.44. The fraction of sp³-hybridized carbons (Fsp3) is 0.684. The van der Waals surface area contributed by atoms with Crippen molar-refractivity contribution in [2.45, 2.75) is 83.0 Å². The molecule has 1 aromatic carbocycles. The van der Waals surface area contributed by atoms with E-state index in [1.807, 2.05) is 0 Å². The normalized spacial score (nSPS) is 19.5. The lowest BCUT2D eigenvalue weighted by atomic mass is 9.80. The van der Waals surface area contributed by atoms with Crippen molar-refractivity contribution in [2.75, 3.05) is 0 Å². The second-order valence-electron chi connectivity index (χ2n) is 8.27. The SMILES string of the molecule is CC(C)(C)[Si](C)(C)OC1(Cc2ccccc2)CCCCC1. The second-order valence-corrected chi connectivity index (χ2v) is 13.0. The zero-order valence-electron chi connectivity index (χ0n) is 14.5. The van der Waals surface area contributed by atoms with Gasteiger partial charge in [-0.15, -0.1) is 0 Å². The lowest BCUT2D eigenvalue weighted by Crippen LogP contribution is -2.51. The Morgan fingerprint density at radius 3 is 2.10 bits per heavy atom. The van der Waals surface area contributed by atoms with Crippen LogP contribution in [0.1, 0.15) is 58.4 Å². The molecule has 0 spiro atoms. The number of hydrogen-bond acceptors (Lipinski definition) is 1. The molecule has 0 aromatic heterocycles. The first kappa shape index (κ1) is 16.8. The summed E-state index contributed by atoms with van der Waals surface area (Å²) in [6, 6.07) is 10.9. The Morgan fingerprint density at radius 1 is 1.00 bits per heavy atom. The maximum Gasteiger partial charge on any atom is 0.192 e. The Kier molecular flexibility index (Phi) is 4.99. The molecule has 0 saturated heterocycles. The maximum absolute atomic E-state index is 6.97. The molecule has 1 fully saturated rings. The molecule has 0 atom stereocenters. The molecule has 1 saturated carbocycles. The van der Waals surface area contributed by atoms with Gasteiger partial charge in [0.1, 0.15) is 0 Å². The Balaban J connectivity index is 2.21. The molecule has 2 rings (SSSR count). The van der Waals surface area contributed by atoms with E-state index in [-0.39, 0.29) is 10.6 Å². The van der Waals surface area contributed by atoms with Crippen LogP contribution >= 0.6 is 0 Å². The monoisotopic (exact) mass is 304 g/mol. The summed E-state index contributed by atoms with van der Waals surface area (Å²) in [7, 11) is -1.72. The zero-order valence-corrected chi connectivity index (χ0v) is 15.5. The van der Waals surface area contributed by atoms with Gasteiger partial charge in [-0.1, -0.05) is 70.4 Å². The summed E-state index contributed by atoms with van der Waals surface area (Å²) in [6.45, 7) is 11.8. The van der Waals surface area contributed by atoms with Gasteiger partial charge in [-0.25, -0.2) is 0 Å². The summed E-state index contributed by atoms with van der Waals surface area (Å²) < 4.78 is 6.97. The van der Waals surface area contributed by atoms with Gasteiger partial charge in [0.25, 0.3) is 0 Å². The van der Waals surface area contributed by atoms with Crippen LogP contribution < -0.4 is 0 Å². The quantitative estimate of drug-likeness (QED) is 0.624. The molecule has 0 unspecified atom stereocenters. The minimum atomic E-state index is -1.72. The molecular weight excluding hydrogens is 272 g/mol. The van der Waals surface area contributed by atoms with Crippen LogP contribution in [0.3, 0.4) is 0 Å². The Bertz CT molecular complexity index is 438. The van der Waals surface area contributed by atoms with Crippen molar-refractivity contribution in [3.8, 4) is 0 Å². The van der Waals surface area contributed by atoms with E-state index in [0.717, 1.165) is 6.42 Å². The molecule has 1 aliphatic carbocycles. The molecule has 118 valence electrons. The van der Waals surface area contributed by atoms with E-state index in [4.69, 9.17) is 4.43 Å².